The molecule has 0 atom stereocenters. The second-order valence-corrected chi connectivity index (χ2v) is 6.42. The van der Waals surface area contributed by atoms with E-state index in [0.29, 0.717) is 17.4 Å². The maximum absolute atomic E-state index is 5.29. The van der Waals surface area contributed by atoms with Gasteiger partial charge in [0.2, 0.25) is 5.82 Å². The highest BCUT2D eigenvalue weighted by Gasteiger charge is 2.11. The lowest BCUT2D eigenvalue weighted by atomic mass is 10.2. The van der Waals surface area contributed by atoms with Gasteiger partial charge in [-0.1, -0.05) is 41.6 Å². The lowest BCUT2D eigenvalue weighted by molar-refractivity contribution is 0.431. The van der Waals surface area contributed by atoms with Crippen molar-refractivity contribution < 1.29 is 4.52 Å². The van der Waals surface area contributed by atoms with Crippen molar-refractivity contribution in [1.82, 2.24) is 15.1 Å². The normalized spacial score (nSPS) is 10.7. The van der Waals surface area contributed by atoms with Gasteiger partial charge in [0.25, 0.3) is 5.89 Å². The molecule has 0 saturated carbocycles. The molecule has 0 aliphatic heterocycles. The summed E-state index contributed by atoms with van der Waals surface area (Å²) in [6, 6.07) is 24.0. The van der Waals surface area contributed by atoms with E-state index in [9.17, 15) is 0 Å². The van der Waals surface area contributed by atoms with Crippen LogP contribution in [-0.4, -0.2) is 15.1 Å². The molecule has 4 aromatic rings. The number of nitrogens with zero attached hydrogens (tertiary/aromatic N) is 3. The molecule has 0 fully saturated rings. The van der Waals surface area contributed by atoms with Gasteiger partial charge in [-0.05, 0) is 42.0 Å². The van der Waals surface area contributed by atoms with Crippen molar-refractivity contribution in [2.24, 2.45) is 0 Å². The third-order valence-electron chi connectivity index (χ3n) is 3.62. The molecule has 4 rings (SSSR count). The Balaban J connectivity index is 1.46. The Kier molecular flexibility index (Phi) is 4.57. The van der Waals surface area contributed by atoms with Crippen LogP contribution in [0.4, 0.5) is 0 Å². The molecule has 2 aromatic heterocycles. The minimum atomic E-state index is 0.398. The molecule has 0 unspecified atom stereocenters. The van der Waals surface area contributed by atoms with Crippen LogP contribution in [0, 0.1) is 6.20 Å². The lowest BCUT2D eigenvalue weighted by Gasteiger charge is -2.02. The molecule has 2 aromatic carbocycles. The first-order valence-corrected chi connectivity index (χ1v) is 8.81. The van der Waals surface area contributed by atoms with Crippen LogP contribution >= 0.6 is 11.8 Å². The minimum absolute atomic E-state index is 0.398. The summed E-state index contributed by atoms with van der Waals surface area (Å²) in [5, 5.41) is 4.04. The van der Waals surface area contributed by atoms with Crippen molar-refractivity contribution in [3.8, 4) is 23.0 Å². The summed E-state index contributed by atoms with van der Waals surface area (Å²) in [5.41, 5.74) is 2.85. The summed E-state index contributed by atoms with van der Waals surface area (Å²) in [6.45, 7) is 0. The van der Waals surface area contributed by atoms with Gasteiger partial charge in [0.05, 0.1) is 6.20 Å². The highest BCUT2D eigenvalue weighted by atomic mass is 32.2. The van der Waals surface area contributed by atoms with Crippen molar-refractivity contribution >= 4 is 11.8 Å². The first-order valence-electron chi connectivity index (χ1n) is 7.83. The third-order valence-corrected chi connectivity index (χ3v) is 4.70. The molecule has 0 spiro atoms. The van der Waals surface area contributed by atoms with Crippen LogP contribution in [0.15, 0.2) is 82.2 Å². The van der Waals surface area contributed by atoms with E-state index in [2.05, 4.69) is 57.7 Å². The van der Waals surface area contributed by atoms with Gasteiger partial charge in [0, 0.05) is 16.2 Å². The summed E-state index contributed by atoms with van der Waals surface area (Å²) >= 11 is 1.80. The summed E-state index contributed by atoms with van der Waals surface area (Å²) < 4.78 is 5.29. The molecule has 0 aliphatic carbocycles. The second-order valence-electron chi connectivity index (χ2n) is 5.37. The van der Waals surface area contributed by atoms with E-state index in [4.69, 9.17) is 4.52 Å². The van der Waals surface area contributed by atoms with Crippen molar-refractivity contribution in [3.63, 3.8) is 0 Å². The van der Waals surface area contributed by atoms with Crippen LogP contribution < -0.4 is 0 Å². The summed E-state index contributed by atoms with van der Waals surface area (Å²) in [6.07, 6.45) is 2.76. The van der Waals surface area contributed by atoms with Gasteiger partial charge in [0.1, 0.15) is 5.69 Å². The van der Waals surface area contributed by atoms with E-state index in [1.807, 2.05) is 30.3 Å². The number of pyridine rings is 1. The van der Waals surface area contributed by atoms with Gasteiger partial charge in [-0.2, -0.15) is 4.98 Å². The molecule has 5 heteroatoms. The fourth-order valence-corrected chi connectivity index (χ4v) is 3.19. The van der Waals surface area contributed by atoms with E-state index >= 15 is 0 Å². The first kappa shape index (κ1) is 15.6. The van der Waals surface area contributed by atoms with E-state index in [1.54, 1.807) is 17.8 Å². The standard InChI is InChI=1S/C20H14N3OS/c1-2-6-15(7-3-1)14-25-17-11-9-16(10-12-17)19-22-20(24-23-19)18-8-4-5-13-21-18/h1-12H,14H2. The molecule has 1 radical (unpaired) electrons. The van der Waals surface area contributed by atoms with Crippen LogP contribution in [-0.2, 0) is 5.75 Å². The molecule has 0 aliphatic rings. The van der Waals surface area contributed by atoms with Crippen LogP contribution in [0.25, 0.3) is 23.0 Å². The van der Waals surface area contributed by atoms with Crippen molar-refractivity contribution in [3.05, 3.63) is 84.6 Å². The van der Waals surface area contributed by atoms with Gasteiger partial charge in [0.15, 0.2) is 0 Å². The highest BCUT2D eigenvalue weighted by molar-refractivity contribution is 7.98. The maximum atomic E-state index is 5.29. The number of hydrogen-bond donors (Lipinski definition) is 0. The quantitative estimate of drug-likeness (QED) is 0.482. The average Bonchev–Trinajstić information content (AvgIpc) is 3.19. The zero-order valence-corrected chi connectivity index (χ0v) is 14.1. The lowest BCUT2D eigenvalue weighted by Crippen LogP contribution is -1.84. The number of benzene rings is 2. The molecule has 25 heavy (non-hydrogen) atoms. The Hall–Kier alpha value is -2.92. The summed E-state index contributed by atoms with van der Waals surface area (Å²) in [5.74, 6) is 1.90. The first-order chi connectivity index (χ1) is 12.4. The van der Waals surface area contributed by atoms with Crippen molar-refractivity contribution in [1.29, 1.82) is 0 Å². The average molecular weight is 344 g/mol. The number of aromatic nitrogens is 3. The summed E-state index contributed by atoms with van der Waals surface area (Å²) in [7, 11) is 0. The molecule has 0 N–H and O–H groups in total. The smallest absolute Gasteiger partial charge is 0.276 e. The highest BCUT2D eigenvalue weighted by Crippen LogP contribution is 2.26. The van der Waals surface area contributed by atoms with Gasteiger partial charge >= 0.3 is 0 Å². The fraction of sp³-hybridized carbons (Fsp3) is 0.0500. The Labute approximate surface area is 149 Å². The van der Waals surface area contributed by atoms with Crippen LogP contribution in [0.5, 0.6) is 0 Å². The van der Waals surface area contributed by atoms with E-state index < -0.39 is 0 Å². The Morgan fingerprint density at radius 1 is 0.920 bits per heavy atom. The minimum Gasteiger partial charge on any atom is -0.332 e. The maximum Gasteiger partial charge on any atom is 0.276 e. The van der Waals surface area contributed by atoms with Gasteiger partial charge < -0.3 is 4.52 Å². The SMILES string of the molecule is [c]1cccc(-c2nc(-c3ccc(SCc4ccccc4)cc3)no2)n1. The number of thioether (sulfide) groups is 1. The zero-order chi connectivity index (χ0) is 16.9. The predicted octanol–water partition coefficient (Wildman–Crippen LogP) is 4.89. The molecule has 0 bridgehead atoms. The Morgan fingerprint density at radius 3 is 2.52 bits per heavy atom. The van der Waals surface area contributed by atoms with Crippen LogP contribution in [0.2, 0.25) is 0 Å². The van der Waals surface area contributed by atoms with Crippen LogP contribution in [0.3, 0.4) is 0 Å². The van der Waals surface area contributed by atoms with E-state index in [1.165, 1.54) is 10.5 Å². The molecular weight excluding hydrogens is 330 g/mol. The third kappa shape index (κ3) is 3.78. The van der Waals surface area contributed by atoms with Gasteiger partial charge in [-0.25, -0.2) is 4.98 Å². The molecule has 2 heterocycles. The Bertz CT molecular complexity index is 938. The molecule has 0 saturated heterocycles. The van der Waals surface area contributed by atoms with Crippen molar-refractivity contribution in [2.75, 3.05) is 0 Å². The fourth-order valence-electron chi connectivity index (χ4n) is 2.33. The Morgan fingerprint density at radius 2 is 1.76 bits per heavy atom. The number of rotatable bonds is 5. The van der Waals surface area contributed by atoms with E-state index in [-0.39, 0.29) is 0 Å². The topological polar surface area (TPSA) is 51.8 Å². The predicted molar refractivity (Wildman–Crippen MR) is 97.8 cm³/mol. The largest absolute Gasteiger partial charge is 0.332 e. The number of hydrogen-bond acceptors (Lipinski definition) is 5. The zero-order valence-electron chi connectivity index (χ0n) is 13.3. The van der Waals surface area contributed by atoms with Crippen molar-refractivity contribution in [2.45, 2.75) is 10.6 Å². The van der Waals surface area contributed by atoms with Crippen LogP contribution in [0.1, 0.15) is 5.56 Å². The molecule has 0 amide bonds. The molecule has 4 nitrogen and oxygen atoms in total. The molecular formula is C20H14N3OS. The second kappa shape index (κ2) is 7.32. The molecule has 121 valence electrons. The van der Waals surface area contributed by atoms with Gasteiger partial charge in [-0.15, -0.1) is 11.8 Å². The summed E-state index contributed by atoms with van der Waals surface area (Å²) in [4.78, 5) is 9.71. The van der Waals surface area contributed by atoms with E-state index in [0.717, 1.165) is 11.3 Å². The van der Waals surface area contributed by atoms with Gasteiger partial charge in [-0.3, -0.25) is 0 Å². The monoisotopic (exact) mass is 344 g/mol.